The Morgan fingerprint density at radius 2 is 2.22 bits per heavy atom. The zero-order valence-electron chi connectivity index (χ0n) is 11.2. The van der Waals surface area contributed by atoms with Crippen LogP contribution in [0.5, 0.6) is 5.75 Å². The van der Waals surface area contributed by atoms with Crippen LogP contribution in [0, 0.1) is 0 Å². The summed E-state index contributed by atoms with van der Waals surface area (Å²) in [7, 11) is 5.50. The number of benzene rings is 1. The Balaban J connectivity index is 2.10. The molecule has 100 valence electrons. The van der Waals surface area contributed by atoms with E-state index in [-0.39, 0.29) is 0 Å². The van der Waals surface area contributed by atoms with Crippen molar-refractivity contribution >= 4 is 11.8 Å². The van der Waals surface area contributed by atoms with E-state index in [0.29, 0.717) is 11.3 Å². The van der Waals surface area contributed by atoms with Crippen molar-refractivity contribution in [3.8, 4) is 5.75 Å². The molecule has 0 bridgehead atoms. The third-order valence-electron chi connectivity index (χ3n) is 3.41. The zero-order chi connectivity index (χ0) is 13.0. The van der Waals surface area contributed by atoms with Gasteiger partial charge < -0.3 is 14.8 Å². The number of methoxy groups -OCH3 is 2. The first kappa shape index (κ1) is 13.7. The molecule has 0 fully saturated rings. The minimum absolute atomic E-state index is 0.414. The van der Waals surface area contributed by atoms with Gasteiger partial charge in [-0.25, -0.2) is 0 Å². The number of thioether (sulfide) groups is 1. The first-order valence-corrected chi connectivity index (χ1v) is 7.29. The second kappa shape index (κ2) is 6.45. The van der Waals surface area contributed by atoms with Crippen LogP contribution in [0.1, 0.15) is 17.2 Å². The lowest BCUT2D eigenvalue weighted by atomic mass is 10.1. The van der Waals surface area contributed by atoms with Crippen LogP contribution >= 0.6 is 11.8 Å². The molecule has 3 nitrogen and oxygen atoms in total. The Labute approximate surface area is 113 Å². The van der Waals surface area contributed by atoms with Crippen molar-refractivity contribution in [3.05, 3.63) is 29.3 Å². The highest BCUT2D eigenvalue weighted by Gasteiger charge is 2.31. The van der Waals surface area contributed by atoms with Crippen molar-refractivity contribution in [1.82, 2.24) is 5.32 Å². The smallest absolute Gasteiger partial charge is 0.119 e. The van der Waals surface area contributed by atoms with Gasteiger partial charge in [0.25, 0.3) is 0 Å². The lowest BCUT2D eigenvalue weighted by Crippen LogP contribution is -2.24. The van der Waals surface area contributed by atoms with Crippen molar-refractivity contribution in [3.63, 3.8) is 0 Å². The van der Waals surface area contributed by atoms with Crippen LogP contribution in [0.15, 0.2) is 18.2 Å². The molecule has 2 unspecified atom stereocenters. The van der Waals surface area contributed by atoms with Crippen LogP contribution in [-0.2, 0) is 11.2 Å². The molecule has 1 aromatic rings. The Bertz CT molecular complexity index is 397. The summed E-state index contributed by atoms with van der Waals surface area (Å²) < 4.78 is 10.4. The van der Waals surface area contributed by atoms with Crippen molar-refractivity contribution in [2.24, 2.45) is 0 Å². The van der Waals surface area contributed by atoms with Gasteiger partial charge in [-0.3, -0.25) is 0 Å². The zero-order valence-corrected chi connectivity index (χ0v) is 12.0. The van der Waals surface area contributed by atoms with E-state index in [2.05, 4.69) is 17.4 Å². The van der Waals surface area contributed by atoms with E-state index in [1.165, 1.54) is 11.1 Å². The fourth-order valence-corrected chi connectivity index (χ4v) is 3.83. The highest BCUT2D eigenvalue weighted by molar-refractivity contribution is 8.00. The summed E-state index contributed by atoms with van der Waals surface area (Å²) in [6.07, 6.45) is 1.12. The molecule has 1 N–H and O–H groups in total. The monoisotopic (exact) mass is 267 g/mol. The van der Waals surface area contributed by atoms with Crippen molar-refractivity contribution in [2.45, 2.75) is 17.7 Å². The predicted molar refractivity (Wildman–Crippen MR) is 76.6 cm³/mol. The molecule has 0 radical (unpaired) electrons. The maximum Gasteiger partial charge on any atom is 0.119 e. The number of hydrogen-bond acceptors (Lipinski definition) is 4. The van der Waals surface area contributed by atoms with Crippen LogP contribution in [0.25, 0.3) is 0 Å². The maximum absolute atomic E-state index is 5.31. The summed E-state index contributed by atoms with van der Waals surface area (Å²) >= 11 is 1.98. The van der Waals surface area contributed by atoms with Crippen LogP contribution < -0.4 is 10.1 Å². The van der Waals surface area contributed by atoms with Gasteiger partial charge in [0.15, 0.2) is 0 Å². The molecular formula is C14H21NO2S. The standard InChI is InChI=1S/C14H21NO2S/c1-15-14-12-9-11(17-3)5-4-10(12)8-13(14)18-7-6-16-2/h4-5,9,13-15H,6-8H2,1-3H3. The minimum atomic E-state index is 0.414. The Morgan fingerprint density at radius 1 is 1.39 bits per heavy atom. The van der Waals surface area contributed by atoms with Crippen molar-refractivity contribution < 1.29 is 9.47 Å². The van der Waals surface area contributed by atoms with Crippen LogP contribution in [0.3, 0.4) is 0 Å². The Kier molecular flexibility index (Phi) is 4.92. The second-order valence-electron chi connectivity index (χ2n) is 4.44. The SMILES string of the molecule is CNC1c2cc(OC)ccc2CC1SCCOC. The lowest BCUT2D eigenvalue weighted by Gasteiger charge is -2.19. The molecule has 0 spiro atoms. The molecule has 1 aliphatic carbocycles. The van der Waals surface area contributed by atoms with Gasteiger partial charge in [0.2, 0.25) is 0 Å². The quantitative estimate of drug-likeness (QED) is 0.801. The predicted octanol–water partition coefficient (Wildman–Crippen LogP) is 2.26. The molecule has 0 heterocycles. The first-order chi connectivity index (χ1) is 8.80. The molecule has 2 atom stereocenters. The highest BCUT2D eigenvalue weighted by atomic mass is 32.2. The van der Waals surface area contributed by atoms with E-state index in [1.807, 2.05) is 24.9 Å². The average molecular weight is 267 g/mol. The van der Waals surface area contributed by atoms with Gasteiger partial charge in [-0.05, 0) is 36.7 Å². The van der Waals surface area contributed by atoms with Crippen LogP contribution in [0.4, 0.5) is 0 Å². The van der Waals surface area contributed by atoms with Gasteiger partial charge in [0.1, 0.15) is 5.75 Å². The summed E-state index contributed by atoms with van der Waals surface area (Å²) in [5.74, 6) is 1.99. The molecule has 1 aliphatic rings. The Morgan fingerprint density at radius 3 is 2.89 bits per heavy atom. The van der Waals surface area contributed by atoms with Gasteiger partial charge in [-0.1, -0.05) is 6.07 Å². The second-order valence-corrected chi connectivity index (χ2v) is 5.78. The van der Waals surface area contributed by atoms with E-state index in [0.717, 1.165) is 24.5 Å². The van der Waals surface area contributed by atoms with Crippen molar-refractivity contribution in [1.29, 1.82) is 0 Å². The number of rotatable bonds is 6. The van der Waals surface area contributed by atoms with Gasteiger partial charge in [-0.15, -0.1) is 0 Å². The molecular weight excluding hydrogens is 246 g/mol. The molecule has 0 saturated heterocycles. The summed E-state index contributed by atoms with van der Waals surface area (Å²) in [4.78, 5) is 0. The first-order valence-electron chi connectivity index (χ1n) is 6.24. The fraction of sp³-hybridized carbons (Fsp3) is 0.571. The summed E-state index contributed by atoms with van der Waals surface area (Å²) in [5, 5.41) is 4.02. The number of hydrogen-bond donors (Lipinski definition) is 1. The molecule has 0 aromatic heterocycles. The number of ether oxygens (including phenoxy) is 2. The van der Waals surface area contributed by atoms with E-state index < -0.39 is 0 Å². The number of nitrogens with one attached hydrogen (secondary N) is 1. The van der Waals surface area contributed by atoms with E-state index in [9.17, 15) is 0 Å². The Hall–Kier alpha value is -0.710. The molecule has 0 amide bonds. The number of fused-ring (bicyclic) bond motifs is 1. The molecule has 1 aromatic carbocycles. The van der Waals surface area contributed by atoms with E-state index in [1.54, 1.807) is 14.2 Å². The van der Waals surface area contributed by atoms with E-state index in [4.69, 9.17) is 9.47 Å². The van der Waals surface area contributed by atoms with Crippen LogP contribution in [0.2, 0.25) is 0 Å². The molecule has 4 heteroatoms. The molecule has 0 aliphatic heterocycles. The van der Waals surface area contributed by atoms with Gasteiger partial charge >= 0.3 is 0 Å². The normalized spacial score (nSPS) is 21.9. The largest absolute Gasteiger partial charge is 0.497 e. The summed E-state index contributed by atoms with van der Waals surface area (Å²) in [6, 6.07) is 6.81. The van der Waals surface area contributed by atoms with Gasteiger partial charge in [0.05, 0.1) is 13.7 Å². The van der Waals surface area contributed by atoms with Gasteiger partial charge in [-0.2, -0.15) is 11.8 Å². The summed E-state index contributed by atoms with van der Waals surface area (Å²) in [5.41, 5.74) is 2.82. The molecule has 2 rings (SSSR count). The van der Waals surface area contributed by atoms with Gasteiger partial charge in [0, 0.05) is 24.2 Å². The van der Waals surface area contributed by atoms with Crippen molar-refractivity contribution in [2.75, 3.05) is 33.6 Å². The van der Waals surface area contributed by atoms with Crippen LogP contribution in [-0.4, -0.2) is 38.9 Å². The third kappa shape index (κ3) is 2.82. The third-order valence-corrected chi connectivity index (χ3v) is 4.68. The average Bonchev–Trinajstić information content (AvgIpc) is 2.75. The maximum atomic E-state index is 5.31. The molecule has 0 saturated carbocycles. The molecule has 18 heavy (non-hydrogen) atoms. The topological polar surface area (TPSA) is 30.5 Å². The fourth-order valence-electron chi connectivity index (χ4n) is 2.49. The summed E-state index contributed by atoms with van der Waals surface area (Å²) in [6.45, 7) is 0.817. The lowest BCUT2D eigenvalue weighted by molar-refractivity contribution is 0.218. The highest BCUT2D eigenvalue weighted by Crippen LogP contribution is 2.39. The van der Waals surface area contributed by atoms with E-state index >= 15 is 0 Å². The minimum Gasteiger partial charge on any atom is -0.497 e.